The molecule has 2 aromatic rings. The Morgan fingerprint density at radius 3 is 2.39 bits per heavy atom. The van der Waals surface area contributed by atoms with Crippen molar-refractivity contribution in [2.45, 2.75) is 19.0 Å². The van der Waals surface area contributed by atoms with Crippen LogP contribution < -0.4 is 10.6 Å². The third-order valence-electron chi connectivity index (χ3n) is 4.56. The van der Waals surface area contributed by atoms with Gasteiger partial charge in [-0.25, -0.2) is 4.79 Å². The van der Waals surface area contributed by atoms with E-state index in [0.717, 1.165) is 12.1 Å². The molecule has 2 N–H and O–H groups in total. The summed E-state index contributed by atoms with van der Waals surface area (Å²) in [4.78, 5) is 26.5. The van der Waals surface area contributed by atoms with Crippen LogP contribution in [0.1, 0.15) is 18.4 Å². The summed E-state index contributed by atoms with van der Waals surface area (Å²) in [6, 6.07) is 13.2. The van der Waals surface area contributed by atoms with Crippen LogP contribution >= 0.6 is 0 Å². The molecular formula is C20H20F3N3O2. The van der Waals surface area contributed by atoms with Crippen molar-refractivity contribution < 1.29 is 22.8 Å². The van der Waals surface area contributed by atoms with Crippen LogP contribution in [0, 0.1) is 5.92 Å². The Morgan fingerprint density at radius 2 is 1.68 bits per heavy atom. The number of rotatable bonds is 3. The fraction of sp³-hybridized carbons (Fsp3) is 0.300. The number of para-hydroxylation sites is 1. The first-order valence-corrected chi connectivity index (χ1v) is 8.92. The van der Waals surface area contributed by atoms with Gasteiger partial charge in [0.25, 0.3) is 0 Å². The van der Waals surface area contributed by atoms with Crippen LogP contribution in [-0.4, -0.2) is 29.9 Å². The highest BCUT2D eigenvalue weighted by molar-refractivity contribution is 5.94. The number of hydrogen-bond acceptors (Lipinski definition) is 2. The minimum absolute atomic E-state index is 0.0886. The first-order chi connectivity index (χ1) is 13.3. The van der Waals surface area contributed by atoms with Crippen LogP contribution in [0.5, 0.6) is 0 Å². The number of likely N-dealkylation sites (tertiary alicyclic amines) is 1. The predicted molar refractivity (Wildman–Crippen MR) is 99.8 cm³/mol. The van der Waals surface area contributed by atoms with E-state index < -0.39 is 23.6 Å². The lowest BCUT2D eigenvalue weighted by atomic mass is 9.97. The Hall–Kier alpha value is -3.03. The zero-order chi connectivity index (χ0) is 20.1. The molecule has 1 aliphatic rings. The summed E-state index contributed by atoms with van der Waals surface area (Å²) in [5.41, 5.74) is -0.0773. The number of urea groups is 1. The summed E-state index contributed by atoms with van der Waals surface area (Å²) in [5, 5.41) is 5.31. The molecule has 28 heavy (non-hydrogen) atoms. The molecule has 0 bridgehead atoms. The zero-order valence-corrected chi connectivity index (χ0v) is 15.0. The van der Waals surface area contributed by atoms with Gasteiger partial charge in [-0.15, -0.1) is 0 Å². The molecule has 1 saturated heterocycles. The number of alkyl halides is 3. The summed E-state index contributed by atoms with van der Waals surface area (Å²) < 4.78 is 38.4. The number of amides is 3. The molecule has 8 heteroatoms. The minimum Gasteiger partial charge on any atom is -0.326 e. The normalized spacial score (nSPS) is 17.1. The van der Waals surface area contributed by atoms with E-state index in [-0.39, 0.29) is 18.3 Å². The summed E-state index contributed by atoms with van der Waals surface area (Å²) in [6.45, 7) is 0.732. The van der Waals surface area contributed by atoms with Gasteiger partial charge in [-0.1, -0.05) is 24.3 Å². The number of hydrogen-bond donors (Lipinski definition) is 2. The molecule has 148 valence electrons. The number of benzene rings is 2. The number of anilines is 2. The first-order valence-electron chi connectivity index (χ1n) is 8.92. The highest BCUT2D eigenvalue weighted by Crippen LogP contribution is 2.31. The van der Waals surface area contributed by atoms with Crippen molar-refractivity contribution in [3.05, 3.63) is 60.2 Å². The number of nitrogens with one attached hydrogen (secondary N) is 2. The van der Waals surface area contributed by atoms with Gasteiger partial charge >= 0.3 is 12.2 Å². The molecule has 1 heterocycles. The Labute approximate surface area is 160 Å². The molecule has 1 fully saturated rings. The van der Waals surface area contributed by atoms with E-state index in [2.05, 4.69) is 10.6 Å². The fourth-order valence-electron chi connectivity index (χ4n) is 3.12. The van der Waals surface area contributed by atoms with E-state index in [4.69, 9.17) is 0 Å². The predicted octanol–water partition coefficient (Wildman–Crippen LogP) is 4.59. The minimum atomic E-state index is -4.47. The van der Waals surface area contributed by atoms with Crippen molar-refractivity contribution in [2.24, 2.45) is 5.92 Å². The Bertz CT molecular complexity index is 840. The van der Waals surface area contributed by atoms with Gasteiger partial charge in [0.1, 0.15) is 0 Å². The second kappa shape index (κ2) is 8.33. The molecule has 0 aromatic heterocycles. The first kappa shape index (κ1) is 19.7. The van der Waals surface area contributed by atoms with Crippen LogP contribution in [0.25, 0.3) is 0 Å². The molecule has 3 amide bonds. The second-order valence-corrected chi connectivity index (χ2v) is 6.65. The van der Waals surface area contributed by atoms with Gasteiger partial charge in [0, 0.05) is 24.5 Å². The highest BCUT2D eigenvalue weighted by atomic mass is 19.4. The Balaban J connectivity index is 1.61. The topological polar surface area (TPSA) is 61.4 Å². The van der Waals surface area contributed by atoms with Crippen molar-refractivity contribution in [3.63, 3.8) is 0 Å². The third kappa shape index (κ3) is 5.03. The SMILES string of the molecule is O=C(Nc1cccc(C(F)(F)F)c1)C1CCCN(C(=O)Nc2ccccc2)C1. The zero-order valence-electron chi connectivity index (χ0n) is 15.0. The molecule has 0 aliphatic carbocycles. The quantitative estimate of drug-likeness (QED) is 0.804. The number of carbonyl (C=O) groups is 2. The monoisotopic (exact) mass is 391 g/mol. The van der Waals surface area contributed by atoms with Gasteiger partial charge in [0.05, 0.1) is 11.5 Å². The van der Waals surface area contributed by atoms with Crippen molar-refractivity contribution in [1.29, 1.82) is 0 Å². The maximum Gasteiger partial charge on any atom is 0.416 e. The third-order valence-corrected chi connectivity index (χ3v) is 4.56. The number of piperidine rings is 1. The van der Waals surface area contributed by atoms with Gasteiger partial charge in [-0.3, -0.25) is 4.79 Å². The molecule has 1 atom stereocenters. The Morgan fingerprint density at radius 1 is 0.964 bits per heavy atom. The standard InChI is InChI=1S/C20H20F3N3O2/c21-20(22,23)15-7-4-10-17(12-15)24-18(27)14-6-5-11-26(13-14)19(28)25-16-8-2-1-3-9-16/h1-4,7-10,12,14H,5-6,11,13H2,(H,24,27)(H,25,28). The molecule has 0 radical (unpaired) electrons. The number of carbonyl (C=O) groups excluding carboxylic acids is 2. The van der Waals surface area contributed by atoms with Crippen LogP contribution in [0.15, 0.2) is 54.6 Å². The molecule has 0 spiro atoms. The van der Waals surface area contributed by atoms with Gasteiger partial charge in [0.2, 0.25) is 5.91 Å². The maximum atomic E-state index is 12.8. The second-order valence-electron chi connectivity index (χ2n) is 6.65. The van der Waals surface area contributed by atoms with Gasteiger partial charge in [-0.05, 0) is 43.2 Å². The van der Waals surface area contributed by atoms with E-state index in [9.17, 15) is 22.8 Å². The molecular weight excluding hydrogens is 371 g/mol. The van der Waals surface area contributed by atoms with Gasteiger partial charge in [-0.2, -0.15) is 13.2 Å². The molecule has 1 aliphatic heterocycles. The van der Waals surface area contributed by atoms with Crippen molar-refractivity contribution in [3.8, 4) is 0 Å². The molecule has 0 saturated carbocycles. The van der Waals surface area contributed by atoms with Gasteiger partial charge in [0.15, 0.2) is 0 Å². The highest BCUT2D eigenvalue weighted by Gasteiger charge is 2.31. The van der Waals surface area contributed by atoms with E-state index in [0.29, 0.717) is 25.1 Å². The van der Waals surface area contributed by atoms with E-state index in [1.165, 1.54) is 12.1 Å². The van der Waals surface area contributed by atoms with Crippen LogP contribution in [0.2, 0.25) is 0 Å². The molecule has 3 rings (SSSR count). The summed E-state index contributed by atoms with van der Waals surface area (Å²) in [7, 11) is 0. The van der Waals surface area contributed by atoms with Crippen molar-refractivity contribution in [2.75, 3.05) is 23.7 Å². The number of halogens is 3. The van der Waals surface area contributed by atoms with Crippen molar-refractivity contribution in [1.82, 2.24) is 4.90 Å². The average Bonchev–Trinajstić information content (AvgIpc) is 2.68. The van der Waals surface area contributed by atoms with Crippen molar-refractivity contribution >= 4 is 23.3 Å². The van der Waals surface area contributed by atoms with Gasteiger partial charge < -0.3 is 15.5 Å². The molecule has 1 unspecified atom stereocenters. The van der Waals surface area contributed by atoms with Crippen LogP contribution in [-0.2, 0) is 11.0 Å². The fourth-order valence-corrected chi connectivity index (χ4v) is 3.12. The van der Waals surface area contributed by atoms with E-state index in [1.807, 2.05) is 6.07 Å². The number of nitrogens with zero attached hydrogens (tertiary/aromatic N) is 1. The lowest BCUT2D eigenvalue weighted by molar-refractivity contribution is -0.137. The largest absolute Gasteiger partial charge is 0.416 e. The summed E-state index contributed by atoms with van der Waals surface area (Å²) >= 11 is 0. The lowest BCUT2D eigenvalue weighted by Crippen LogP contribution is -2.45. The smallest absolute Gasteiger partial charge is 0.326 e. The molecule has 5 nitrogen and oxygen atoms in total. The summed E-state index contributed by atoms with van der Waals surface area (Å²) in [6.07, 6.45) is -3.26. The molecule has 2 aromatic carbocycles. The maximum absolute atomic E-state index is 12.8. The van der Waals surface area contributed by atoms with Crippen LogP contribution in [0.3, 0.4) is 0 Å². The average molecular weight is 391 g/mol. The van der Waals surface area contributed by atoms with E-state index >= 15 is 0 Å². The lowest BCUT2D eigenvalue weighted by Gasteiger charge is -2.32. The van der Waals surface area contributed by atoms with Crippen LogP contribution in [0.4, 0.5) is 29.3 Å². The Kier molecular flexibility index (Phi) is 5.87. The summed E-state index contributed by atoms with van der Waals surface area (Å²) in [5.74, 6) is -0.874. The van der Waals surface area contributed by atoms with E-state index in [1.54, 1.807) is 29.2 Å².